The predicted octanol–water partition coefficient (Wildman–Crippen LogP) is 4.23. The van der Waals surface area contributed by atoms with Crippen molar-refractivity contribution in [2.75, 3.05) is 17.6 Å². The van der Waals surface area contributed by atoms with E-state index in [9.17, 15) is 4.79 Å². The van der Waals surface area contributed by atoms with Crippen LogP contribution >= 0.6 is 34.7 Å². The quantitative estimate of drug-likeness (QED) is 0.666. The third-order valence-corrected chi connectivity index (χ3v) is 5.41. The molecule has 0 saturated carbocycles. The first-order valence-electron chi connectivity index (χ1n) is 7.69. The largest absolute Gasteiger partial charge is 0.360 e. The van der Waals surface area contributed by atoms with Gasteiger partial charge in [-0.15, -0.1) is 10.2 Å². The Labute approximate surface area is 155 Å². The Balaban J connectivity index is 1.77. The Morgan fingerprint density at radius 2 is 1.96 bits per heavy atom. The van der Waals surface area contributed by atoms with Crippen LogP contribution in [-0.4, -0.2) is 28.4 Å². The van der Waals surface area contributed by atoms with Crippen LogP contribution < -0.4 is 10.6 Å². The van der Waals surface area contributed by atoms with Crippen molar-refractivity contribution in [2.45, 2.75) is 31.2 Å². The minimum absolute atomic E-state index is 0.0330. The monoisotopic (exact) mass is 384 g/mol. The number of anilines is 1. The van der Waals surface area contributed by atoms with E-state index in [1.807, 2.05) is 31.2 Å². The van der Waals surface area contributed by atoms with Gasteiger partial charge in [-0.3, -0.25) is 4.79 Å². The van der Waals surface area contributed by atoms with E-state index in [2.05, 4.69) is 34.7 Å². The predicted molar refractivity (Wildman–Crippen MR) is 102 cm³/mol. The number of amides is 1. The Kier molecular flexibility index (Phi) is 7.33. The van der Waals surface area contributed by atoms with E-state index in [1.54, 1.807) is 0 Å². The summed E-state index contributed by atoms with van der Waals surface area (Å²) in [5, 5.41) is 15.8. The van der Waals surface area contributed by atoms with E-state index in [0.29, 0.717) is 16.7 Å². The van der Waals surface area contributed by atoms with Gasteiger partial charge < -0.3 is 10.6 Å². The molecule has 130 valence electrons. The molecule has 2 rings (SSSR count). The zero-order valence-electron chi connectivity index (χ0n) is 13.9. The first kappa shape index (κ1) is 19.0. The highest BCUT2D eigenvalue weighted by Crippen LogP contribution is 2.25. The molecule has 1 amide bonds. The molecule has 0 radical (unpaired) electrons. The van der Waals surface area contributed by atoms with E-state index >= 15 is 0 Å². The first-order chi connectivity index (χ1) is 11.4. The van der Waals surface area contributed by atoms with E-state index in [1.165, 1.54) is 23.1 Å². The third-order valence-electron chi connectivity index (χ3n) is 3.14. The summed E-state index contributed by atoms with van der Waals surface area (Å²) in [5.74, 6) is 0.830. The van der Waals surface area contributed by atoms with Crippen molar-refractivity contribution >= 4 is 45.7 Å². The fraction of sp³-hybridized carbons (Fsp3) is 0.438. The van der Waals surface area contributed by atoms with E-state index in [-0.39, 0.29) is 11.9 Å². The number of rotatable bonds is 8. The van der Waals surface area contributed by atoms with Gasteiger partial charge in [0.2, 0.25) is 11.0 Å². The number of thioether (sulfide) groups is 1. The molecular weight excluding hydrogens is 364 g/mol. The molecule has 1 heterocycles. The normalized spacial score (nSPS) is 12.2. The molecule has 1 aromatic carbocycles. The molecule has 5 nitrogen and oxygen atoms in total. The summed E-state index contributed by atoms with van der Waals surface area (Å²) in [5.41, 5.74) is 1.02. The summed E-state index contributed by atoms with van der Waals surface area (Å²) < 4.78 is 0.788. The van der Waals surface area contributed by atoms with Gasteiger partial charge in [0, 0.05) is 11.6 Å². The Bertz CT molecular complexity index is 660. The van der Waals surface area contributed by atoms with Gasteiger partial charge in [-0.2, -0.15) is 0 Å². The van der Waals surface area contributed by atoms with Crippen LogP contribution in [0.3, 0.4) is 0 Å². The highest BCUT2D eigenvalue weighted by atomic mass is 35.5. The van der Waals surface area contributed by atoms with Crippen LogP contribution in [0, 0.1) is 5.92 Å². The molecule has 1 unspecified atom stereocenters. The molecule has 2 N–H and O–H groups in total. The molecule has 0 spiro atoms. The van der Waals surface area contributed by atoms with Gasteiger partial charge in [0.1, 0.15) is 0 Å². The minimum Gasteiger partial charge on any atom is -0.360 e. The maximum absolute atomic E-state index is 12.1. The van der Waals surface area contributed by atoms with Crippen molar-refractivity contribution in [3.05, 3.63) is 34.9 Å². The van der Waals surface area contributed by atoms with Crippen LogP contribution in [0.25, 0.3) is 0 Å². The molecule has 8 heteroatoms. The third kappa shape index (κ3) is 6.30. The molecule has 0 fully saturated rings. The van der Waals surface area contributed by atoms with Crippen molar-refractivity contribution in [1.29, 1.82) is 0 Å². The average molecular weight is 385 g/mol. The van der Waals surface area contributed by atoms with Crippen molar-refractivity contribution < 1.29 is 4.79 Å². The van der Waals surface area contributed by atoms with Gasteiger partial charge >= 0.3 is 0 Å². The van der Waals surface area contributed by atoms with E-state index in [0.717, 1.165) is 21.6 Å². The fourth-order valence-corrected chi connectivity index (χ4v) is 3.57. The molecule has 1 aromatic heterocycles. The summed E-state index contributed by atoms with van der Waals surface area (Å²) in [4.78, 5) is 12.1. The molecule has 24 heavy (non-hydrogen) atoms. The lowest BCUT2D eigenvalue weighted by Gasteiger charge is -2.14. The lowest BCUT2D eigenvalue weighted by atomic mass is 10.1. The Hall–Kier alpha value is -1.31. The zero-order chi connectivity index (χ0) is 17.5. The van der Waals surface area contributed by atoms with Gasteiger partial charge in [0.15, 0.2) is 4.34 Å². The average Bonchev–Trinajstić information content (AvgIpc) is 2.99. The molecule has 2 aromatic rings. The van der Waals surface area contributed by atoms with Gasteiger partial charge in [-0.05, 0) is 30.5 Å². The molecule has 0 bridgehead atoms. The number of nitrogens with one attached hydrogen (secondary N) is 2. The molecular formula is C16H21ClN4OS2. The maximum atomic E-state index is 12.1. The molecule has 0 aliphatic heterocycles. The van der Waals surface area contributed by atoms with Gasteiger partial charge in [0.05, 0.1) is 11.8 Å². The van der Waals surface area contributed by atoms with Crippen LogP contribution in [0.1, 0.15) is 32.4 Å². The van der Waals surface area contributed by atoms with Crippen molar-refractivity contribution in [2.24, 2.45) is 5.92 Å². The minimum atomic E-state index is -0.0620. The number of aromatic nitrogens is 2. The van der Waals surface area contributed by atoms with Crippen LogP contribution in [-0.2, 0) is 4.79 Å². The van der Waals surface area contributed by atoms with Gasteiger partial charge in [-0.1, -0.05) is 60.7 Å². The second-order valence-corrected chi connectivity index (χ2v) is 8.41. The molecule has 0 saturated heterocycles. The summed E-state index contributed by atoms with van der Waals surface area (Å²) in [6.45, 7) is 7.08. The van der Waals surface area contributed by atoms with Crippen molar-refractivity contribution in [3.63, 3.8) is 0 Å². The smallest absolute Gasteiger partial charge is 0.230 e. The highest BCUT2D eigenvalue weighted by molar-refractivity contribution is 8.01. The standard InChI is InChI=1S/C16H21ClN4OS2/c1-10(2)8-18-15-20-21-16(24-15)23-9-14(22)19-11(3)12-4-6-13(17)7-5-12/h4-7,10-11H,8-9H2,1-3H3,(H,18,20)(H,19,22). The molecule has 0 aliphatic carbocycles. The summed E-state index contributed by atoms with van der Waals surface area (Å²) >= 11 is 8.74. The van der Waals surface area contributed by atoms with Crippen molar-refractivity contribution in [3.8, 4) is 0 Å². The van der Waals surface area contributed by atoms with Crippen LogP contribution in [0.5, 0.6) is 0 Å². The topological polar surface area (TPSA) is 66.9 Å². The Morgan fingerprint density at radius 1 is 1.25 bits per heavy atom. The molecule has 0 aliphatic rings. The number of hydrogen-bond acceptors (Lipinski definition) is 6. The van der Waals surface area contributed by atoms with Crippen LogP contribution in [0.4, 0.5) is 5.13 Å². The van der Waals surface area contributed by atoms with Gasteiger partial charge in [-0.25, -0.2) is 0 Å². The van der Waals surface area contributed by atoms with Crippen LogP contribution in [0.2, 0.25) is 5.02 Å². The number of nitrogens with zero attached hydrogens (tertiary/aromatic N) is 2. The first-order valence-corrected chi connectivity index (χ1v) is 9.87. The van der Waals surface area contributed by atoms with Crippen molar-refractivity contribution in [1.82, 2.24) is 15.5 Å². The van der Waals surface area contributed by atoms with E-state index < -0.39 is 0 Å². The lowest BCUT2D eigenvalue weighted by molar-refractivity contribution is -0.119. The van der Waals surface area contributed by atoms with E-state index in [4.69, 9.17) is 11.6 Å². The lowest BCUT2D eigenvalue weighted by Crippen LogP contribution is -2.28. The SMILES string of the molecule is CC(C)CNc1nnc(SCC(=O)NC(C)c2ccc(Cl)cc2)s1. The second-order valence-electron chi connectivity index (χ2n) is 5.78. The zero-order valence-corrected chi connectivity index (χ0v) is 16.3. The Morgan fingerprint density at radius 3 is 2.62 bits per heavy atom. The maximum Gasteiger partial charge on any atom is 0.230 e. The number of hydrogen-bond donors (Lipinski definition) is 2. The van der Waals surface area contributed by atoms with Crippen LogP contribution in [0.15, 0.2) is 28.6 Å². The number of carbonyl (C=O) groups excluding carboxylic acids is 1. The summed E-state index contributed by atoms with van der Waals surface area (Å²) in [6, 6.07) is 7.41. The fourth-order valence-electron chi connectivity index (χ4n) is 1.88. The second kappa shape index (κ2) is 9.25. The highest BCUT2D eigenvalue weighted by Gasteiger charge is 2.12. The molecule has 1 atom stereocenters. The number of carbonyl (C=O) groups is 1. The van der Waals surface area contributed by atoms with Gasteiger partial charge in [0.25, 0.3) is 0 Å². The summed E-state index contributed by atoms with van der Waals surface area (Å²) in [6.07, 6.45) is 0. The number of benzene rings is 1. The number of halogens is 1. The summed E-state index contributed by atoms with van der Waals surface area (Å²) in [7, 11) is 0.